The summed E-state index contributed by atoms with van der Waals surface area (Å²) in [6, 6.07) is 3.46. The second-order valence-electron chi connectivity index (χ2n) is 4.30. The van der Waals surface area contributed by atoms with E-state index < -0.39 is 9.84 Å². The summed E-state index contributed by atoms with van der Waals surface area (Å²) < 4.78 is 33.9. The molecule has 132 valence electrons. The summed E-state index contributed by atoms with van der Waals surface area (Å²) >= 11 is 8.05. The molecule has 0 saturated heterocycles. The van der Waals surface area contributed by atoms with E-state index in [2.05, 4.69) is 41.8 Å². The number of methoxy groups -OCH3 is 2. The van der Waals surface area contributed by atoms with Gasteiger partial charge in [0.25, 0.3) is 0 Å². The van der Waals surface area contributed by atoms with Crippen LogP contribution in [-0.4, -0.2) is 45.1 Å². The quantitative estimate of drug-likeness (QED) is 0.591. The molecule has 0 aliphatic heterocycles. The van der Waals surface area contributed by atoms with Crippen LogP contribution >= 0.6 is 43.6 Å². The van der Waals surface area contributed by atoms with E-state index in [4.69, 9.17) is 9.47 Å². The van der Waals surface area contributed by atoms with E-state index in [1.165, 1.54) is 13.3 Å². The molecule has 0 aliphatic rings. The number of ether oxygens (including phenoxy) is 2. The number of thioether (sulfide) groups is 1. The van der Waals surface area contributed by atoms with E-state index in [0.717, 1.165) is 21.5 Å². The van der Waals surface area contributed by atoms with Crippen LogP contribution in [-0.2, 0) is 9.84 Å². The fraction of sp³-hybridized carbons (Fsp3) is 0.286. The van der Waals surface area contributed by atoms with Crippen LogP contribution in [0.2, 0.25) is 0 Å². The molecule has 0 bridgehead atoms. The Morgan fingerprint density at radius 2 is 1.50 bits per heavy atom. The van der Waals surface area contributed by atoms with Gasteiger partial charge in [-0.05, 0) is 50.2 Å². The van der Waals surface area contributed by atoms with Crippen LogP contribution in [0.1, 0.15) is 0 Å². The Labute approximate surface area is 162 Å². The zero-order valence-corrected chi connectivity index (χ0v) is 18.2. The fourth-order valence-corrected chi connectivity index (χ4v) is 3.41. The molecular weight excluding hydrogens is 484 g/mol. The van der Waals surface area contributed by atoms with E-state index >= 15 is 0 Å². The van der Waals surface area contributed by atoms with Gasteiger partial charge in [-0.25, -0.2) is 18.4 Å². The molecule has 0 fully saturated rings. The third-order valence-corrected chi connectivity index (χ3v) is 5.12. The summed E-state index contributed by atoms with van der Waals surface area (Å²) in [5, 5.41) is 0.869. The highest BCUT2D eigenvalue weighted by Gasteiger charge is 2.15. The maximum atomic E-state index is 11.2. The summed E-state index contributed by atoms with van der Waals surface area (Å²) in [6.45, 7) is 0. The van der Waals surface area contributed by atoms with Crippen LogP contribution in [0.4, 0.5) is 0 Å². The van der Waals surface area contributed by atoms with Crippen LogP contribution in [0.5, 0.6) is 11.5 Å². The van der Waals surface area contributed by atoms with Crippen LogP contribution < -0.4 is 9.47 Å². The number of pyridine rings is 2. The molecule has 2 aromatic rings. The van der Waals surface area contributed by atoms with Crippen molar-refractivity contribution in [3.63, 3.8) is 0 Å². The molecule has 0 N–H and O–H groups in total. The first-order valence-corrected chi connectivity index (χ1v) is 11.1. The Bertz CT molecular complexity index is 801. The summed E-state index contributed by atoms with van der Waals surface area (Å²) in [4.78, 5) is 7.92. The number of hydrogen-bond donors (Lipinski definition) is 0. The van der Waals surface area contributed by atoms with Crippen LogP contribution in [0.15, 0.2) is 43.5 Å². The Balaban J connectivity index is 0.000000243. The third kappa shape index (κ3) is 6.23. The standard InChI is InChI=1S/C7H8BrNO3S.C7H8BrNOS/c1-12-6-3-5(8)4-9-7(6)13(2,10)11;1-10-6-3-5(8)4-9-7(6)11-2/h3-4H,1-2H3;3-4H,1-2H3. The molecule has 0 aromatic carbocycles. The molecule has 0 atom stereocenters. The Kier molecular flexibility index (Phi) is 8.48. The van der Waals surface area contributed by atoms with Crippen LogP contribution in [0.25, 0.3) is 0 Å². The fourth-order valence-electron chi connectivity index (χ4n) is 1.54. The summed E-state index contributed by atoms with van der Waals surface area (Å²) in [5.41, 5.74) is 0. The van der Waals surface area contributed by atoms with E-state index in [1.54, 1.807) is 31.1 Å². The molecule has 0 spiro atoms. The normalized spacial score (nSPS) is 10.6. The molecule has 0 unspecified atom stereocenters. The predicted octanol–water partition coefficient (Wildman–Crippen LogP) is 3.83. The van der Waals surface area contributed by atoms with Gasteiger partial charge in [-0.1, -0.05) is 0 Å². The molecule has 0 aliphatic carbocycles. The average Bonchev–Trinajstić information content (AvgIpc) is 2.54. The first kappa shape index (κ1) is 21.2. The molecule has 0 amide bonds. The van der Waals surface area contributed by atoms with Crippen molar-refractivity contribution in [1.29, 1.82) is 0 Å². The zero-order valence-electron chi connectivity index (χ0n) is 13.4. The van der Waals surface area contributed by atoms with Crippen molar-refractivity contribution in [3.05, 3.63) is 33.5 Å². The molecule has 2 heterocycles. The Hall–Kier alpha value is -0.840. The van der Waals surface area contributed by atoms with E-state index in [0.29, 0.717) is 4.47 Å². The number of hydrogen-bond acceptors (Lipinski definition) is 7. The molecule has 10 heteroatoms. The van der Waals surface area contributed by atoms with Gasteiger partial charge in [0.15, 0.2) is 26.4 Å². The molecule has 6 nitrogen and oxygen atoms in total. The smallest absolute Gasteiger partial charge is 0.197 e. The summed E-state index contributed by atoms with van der Waals surface area (Å²) in [7, 11) is -0.276. The van der Waals surface area contributed by atoms with Crippen molar-refractivity contribution in [2.24, 2.45) is 0 Å². The van der Waals surface area contributed by atoms with Crippen LogP contribution in [0.3, 0.4) is 0 Å². The highest BCUT2D eigenvalue weighted by molar-refractivity contribution is 9.10. The second-order valence-corrected chi connectivity index (χ2v) is 8.86. The van der Waals surface area contributed by atoms with E-state index in [1.807, 2.05) is 12.3 Å². The van der Waals surface area contributed by atoms with E-state index in [9.17, 15) is 8.42 Å². The molecular formula is C14H16Br2N2O4S2. The SMILES string of the molecule is COc1cc(Br)cnc1S(C)(=O)=O.COc1cc(Br)cnc1SC. The molecule has 0 saturated carbocycles. The molecule has 24 heavy (non-hydrogen) atoms. The highest BCUT2D eigenvalue weighted by Crippen LogP contribution is 2.27. The Morgan fingerprint density at radius 3 is 1.96 bits per heavy atom. The van der Waals surface area contributed by atoms with Gasteiger partial charge >= 0.3 is 0 Å². The highest BCUT2D eigenvalue weighted by atomic mass is 79.9. The first-order chi connectivity index (χ1) is 11.2. The first-order valence-electron chi connectivity index (χ1n) is 6.36. The number of sulfone groups is 1. The largest absolute Gasteiger partial charge is 0.494 e. The maximum Gasteiger partial charge on any atom is 0.197 e. The van der Waals surface area contributed by atoms with Crippen molar-refractivity contribution in [1.82, 2.24) is 9.97 Å². The average molecular weight is 500 g/mol. The number of halogens is 2. The minimum Gasteiger partial charge on any atom is -0.494 e. The lowest BCUT2D eigenvalue weighted by Crippen LogP contribution is -2.03. The van der Waals surface area contributed by atoms with Gasteiger partial charge in [-0.2, -0.15) is 0 Å². The minimum absolute atomic E-state index is 0.0433. The van der Waals surface area contributed by atoms with Crippen molar-refractivity contribution in [3.8, 4) is 11.5 Å². The van der Waals surface area contributed by atoms with Crippen molar-refractivity contribution < 1.29 is 17.9 Å². The maximum absolute atomic E-state index is 11.2. The minimum atomic E-state index is -3.32. The number of aromatic nitrogens is 2. The van der Waals surface area contributed by atoms with Crippen molar-refractivity contribution >= 4 is 53.5 Å². The van der Waals surface area contributed by atoms with Gasteiger partial charge in [0.2, 0.25) is 0 Å². The second kappa shape index (κ2) is 9.59. The van der Waals surface area contributed by atoms with Crippen molar-refractivity contribution in [2.45, 2.75) is 10.1 Å². The number of nitrogens with zero attached hydrogens (tertiary/aromatic N) is 2. The molecule has 2 rings (SSSR count). The van der Waals surface area contributed by atoms with Gasteiger partial charge in [-0.3, -0.25) is 0 Å². The van der Waals surface area contributed by atoms with Gasteiger partial charge in [0.1, 0.15) is 5.03 Å². The van der Waals surface area contributed by atoms with Gasteiger partial charge in [0, 0.05) is 27.6 Å². The molecule has 2 aromatic heterocycles. The van der Waals surface area contributed by atoms with Gasteiger partial charge in [-0.15, -0.1) is 11.8 Å². The lowest BCUT2D eigenvalue weighted by atomic mass is 10.5. The van der Waals surface area contributed by atoms with Crippen LogP contribution in [0, 0.1) is 0 Å². The summed E-state index contributed by atoms with van der Waals surface area (Å²) in [5.74, 6) is 1.06. The lowest BCUT2D eigenvalue weighted by Gasteiger charge is -2.04. The molecule has 0 radical (unpaired) electrons. The zero-order chi connectivity index (χ0) is 18.3. The van der Waals surface area contributed by atoms with Gasteiger partial charge in [0.05, 0.1) is 14.2 Å². The Morgan fingerprint density at radius 1 is 1.00 bits per heavy atom. The topological polar surface area (TPSA) is 78.4 Å². The predicted molar refractivity (Wildman–Crippen MR) is 102 cm³/mol. The van der Waals surface area contributed by atoms with Gasteiger partial charge < -0.3 is 9.47 Å². The number of rotatable bonds is 4. The monoisotopic (exact) mass is 498 g/mol. The van der Waals surface area contributed by atoms with E-state index in [-0.39, 0.29) is 10.8 Å². The summed E-state index contributed by atoms with van der Waals surface area (Å²) in [6.07, 6.45) is 6.23. The lowest BCUT2D eigenvalue weighted by molar-refractivity contribution is 0.398. The third-order valence-electron chi connectivity index (χ3n) is 2.55. The van der Waals surface area contributed by atoms with Crippen molar-refractivity contribution in [2.75, 3.05) is 26.7 Å².